The molecule has 4 heteroatoms. The summed E-state index contributed by atoms with van der Waals surface area (Å²) in [7, 11) is 0. The Morgan fingerprint density at radius 1 is 1.29 bits per heavy atom. The lowest BCUT2D eigenvalue weighted by Crippen LogP contribution is -2.27. The molecule has 0 bridgehead atoms. The molecule has 1 heterocycles. The number of hydrogen-bond acceptors (Lipinski definition) is 3. The molecular weight excluding hydrogens is 262 g/mol. The van der Waals surface area contributed by atoms with E-state index in [1.54, 1.807) is 0 Å². The van der Waals surface area contributed by atoms with Crippen LogP contribution in [0, 0.1) is 6.92 Å². The van der Waals surface area contributed by atoms with Crippen LogP contribution in [0.2, 0.25) is 0 Å². The van der Waals surface area contributed by atoms with Gasteiger partial charge in [0, 0.05) is 24.2 Å². The maximum Gasteiger partial charge on any atom is 0.0695 e. The molecule has 4 nitrogen and oxygen atoms in total. The Hall–Kier alpha value is -1.65. The number of aliphatic hydroxyl groups excluding tert-OH is 1. The van der Waals surface area contributed by atoms with E-state index in [2.05, 4.69) is 53.2 Å². The number of rotatable bonds is 8. The first-order chi connectivity index (χ1) is 10.2. The third-order valence-corrected chi connectivity index (χ3v) is 3.66. The highest BCUT2D eigenvalue weighted by atomic mass is 16.3. The second kappa shape index (κ2) is 7.96. The number of aliphatic hydroxyl groups is 1. The summed E-state index contributed by atoms with van der Waals surface area (Å²) < 4.78 is 0. The maximum absolute atomic E-state index is 9.22. The lowest BCUT2D eigenvalue weighted by molar-refractivity contribution is 0.188. The van der Waals surface area contributed by atoms with Crippen LogP contribution in [-0.4, -0.2) is 39.9 Å². The van der Waals surface area contributed by atoms with E-state index < -0.39 is 0 Å². The van der Waals surface area contributed by atoms with Crippen molar-refractivity contribution in [3.05, 3.63) is 41.6 Å². The highest BCUT2D eigenvalue weighted by Gasteiger charge is 2.12. The van der Waals surface area contributed by atoms with Crippen molar-refractivity contribution in [1.29, 1.82) is 0 Å². The quantitative estimate of drug-likeness (QED) is 0.785. The molecule has 1 aromatic heterocycles. The van der Waals surface area contributed by atoms with E-state index in [0.29, 0.717) is 6.54 Å². The average Bonchev–Trinajstić information content (AvgIpc) is 2.93. The Balaban J connectivity index is 2.15. The molecule has 0 amide bonds. The van der Waals surface area contributed by atoms with Gasteiger partial charge >= 0.3 is 0 Å². The van der Waals surface area contributed by atoms with Crippen molar-refractivity contribution >= 4 is 0 Å². The highest BCUT2D eigenvalue weighted by molar-refractivity contribution is 5.63. The molecule has 2 rings (SSSR count). The van der Waals surface area contributed by atoms with Crippen LogP contribution in [0.3, 0.4) is 0 Å². The number of hydrogen-bond donors (Lipinski definition) is 2. The second-order valence-corrected chi connectivity index (χ2v) is 5.49. The number of aromatic nitrogens is 2. The number of aromatic amines is 1. The Morgan fingerprint density at radius 3 is 2.86 bits per heavy atom. The summed E-state index contributed by atoms with van der Waals surface area (Å²) in [6, 6.07) is 8.43. The van der Waals surface area contributed by atoms with Crippen LogP contribution in [0.4, 0.5) is 0 Å². The summed E-state index contributed by atoms with van der Waals surface area (Å²) in [5.74, 6) is 0. The number of H-pyrrole nitrogens is 1. The van der Waals surface area contributed by atoms with Gasteiger partial charge in [0.15, 0.2) is 0 Å². The maximum atomic E-state index is 9.22. The van der Waals surface area contributed by atoms with E-state index in [9.17, 15) is 5.11 Å². The summed E-state index contributed by atoms with van der Waals surface area (Å²) in [4.78, 5) is 2.29. The predicted molar refractivity (Wildman–Crippen MR) is 86.0 cm³/mol. The molecule has 0 radical (unpaired) electrons. The fourth-order valence-corrected chi connectivity index (χ4v) is 2.52. The molecule has 0 saturated carbocycles. The normalized spacial score (nSPS) is 11.2. The number of nitrogens with one attached hydrogen (secondary N) is 1. The molecule has 114 valence electrons. The largest absolute Gasteiger partial charge is 0.395 e. The zero-order valence-corrected chi connectivity index (χ0v) is 13.0. The highest BCUT2D eigenvalue weighted by Crippen LogP contribution is 2.23. The van der Waals surface area contributed by atoms with Gasteiger partial charge in [0.05, 0.1) is 18.5 Å². The van der Waals surface area contributed by atoms with Gasteiger partial charge in [0.25, 0.3) is 0 Å². The van der Waals surface area contributed by atoms with Gasteiger partial charge in [-0.05, 0) is 26.0 Å². The minimum Gasteiger partial charge on any atom is -0.395 e. The number of benzene rings is 1. The molecule has 2 aromatic rings. The van der Waals surface area contributed by atoms with Crippen LogP contribution >= 0.6 is 0 Å². The van der Waals surface area contributed by atoms with Crippen molar-refractivity contribution in [3.8, 4) is 11.3 Å². The van der Waals surface area contributed by atoms with E-state index in [1.165, 1.54) is 16.7 Å². The van der Waals surface area contributed by atoms with Crippen molar-refractivity contribution in [2.75, 3.05) is 19.7 Å². The molecule has 0 atom stereocenters. The van der Waals surface area contributed by atoms with Gasteiger partial charge in [-0.3, -0.25) is 10.00 Å². The Bertz CT molecular complexity index is 550. The van der Waals surface area contributed by atoms with E-state index in [0.717, 1.165) is 31.6 Å². The fourth-order valence-electron chi connectivity index (χ4n) is 2.52. The fraction of sp³-hybridized carbons (Fsp3) is 0.471. The molecule has 2 N–H and O–H groups in total. The van der Waals surface area contributed by atoms with E-state index >= 15 is 0 Å². The zero-order chi connectivity index (χ0) is 15.1. The Morgan fingerprint density at radius 2 is 2.14 bits per heavy atom. The minimum absolute atomic E-state index is 0.196. The average molecular weight is 287 g/mol. The third kappa shape index (κ3) is 4.41. The van der Waals surface area contributed by atoms with Crippen molar-refractivity contribution in [1.82, 2.24) is 15.1 Å². The lowest BCUT2D eigenvalue weighted by atomic mass is 10.1. The van der Waals surface area contributed by atoms with Gasteiger partial charge in [-0.1, -0.05) is 37.1 Å². The molecule has 0 aliphatic carbocycles. The third-order valence-electron chi connectivity index (χ3n) is 3.66. The van der Waals surface area contributed by atoms with Crippen molar-refractivity contribution in [3.63, 3.8) is 0 Å². The molecule has 0 spiro atoms. The minimum atomic E-state index is 0.196. The molecule has 0 saturated heterocycles. The van der Waals surface area contributed by atoms with Crippen molar-refractivity contribution in [2.45, 2.75) is 33.2 Å². The smallest absolute Gasteiger partial charge is 0.0695 e. The molecule has 21 heavy (non-hydrogen) atoms. The summed E-state index contributed by atoms with van der Waals surface area (Å²) in [5.41, 5.74) is 4.68. The van der Waals surface area contributed by atoms with Gasteiger partial charge in [-0.2, -0.15) is 5.10 Å². The van der Waals surface area contributed by atoms with Crippen molar-refractivity contribution in [2.24, 2.45) is 0 Å². The standard InChI is InChI=1S/C17H25N3O/c1-3-4-8-20(9-10-21)13-16-12-18-19-17(16)15-7-5-6-14(2)11-15/h5-7,11-12,21H,3-4,8-10,13H2,1-2H3,(H,18,19). The summed E-state index contributed by atoms with van der Waals surface area (Å²) >= 11 is 0. The number of nitrogens with zero attached hydrogens (tertiary/aromatic N) is 2. The monoisotopic (exact) mass is 287 g/mol. The van der Waals surface area contributed by atoms with Crippen LogP contribution in [0.25, 0.3) is 11.3 Å². The van der Waals surface area contributed by atoms with Gasteiger partial charge in [0.1, 0.15) is 0 Å². The van der Waals surface area contributed by atoms with E-state index in [-0.39, 0.29) is 6.61 Å². The molecule has 0 aliphatic heterocycles. The second-order valence-electron chi connectivity index (χ2n) is 5.49. The van der Waals surface area contributed by atoms with Gasteiger partial charge in [-0.25, -0.2) is 0 Å². The molecule has 1 aromatic carbocycles. The Kier molecular flexibility index (Phi) is 5.96. The number of aryl methyl sites for hydroxylation is 1. The van der Waals surface area contributed by atoms with Crippen LogP contribution in [-0.2, 0) is 6.54 Å². The first-order valence-electron chi connectivity index (χ1n) is 7.67. The summed E-state index contributed by atoms with van der Waals surface area (Å²) in [5, 5.41) is 16.5. The van der Waals surface area contributed by atoms with Crippen molar-refractivity contribution < 1.29 is 5.11 Å². The van der Waals surface area contributed by atoms with Crippen LogP contribution in [0.15, 0.2) is 30.5 Å². The van der Waals surface area contributed by atoms with Gasteiger partial charge < -0.3 is 5.11 Å². The topological polar surface area (TPSA) is 52.1 Å². The van der Waals surface area contributed by atoms with Crippen LogP contribution in [0.1, 0.15) is 30.9 Å². The lowest BCUT2D eigenvalue weighted by Gasteiger charge is -2.21. The van der Waals surface area contributed by atoms with Gasteiger partial charge in [-0.15, -0.1) is 0 Å². The molecule has 0 unspecified atom stereocenters. The van der Waals surface area contributed by atoms with Crippen LogP contribution in [0.5, 0.6) is 0 Å². The Labute approximate surface area is 126 Å². The summed E-state index contributed by atoms with van der Waals surface area (Å²) in [6.45, 7) is 7.02. The van der Waals surface area contributed by atoms with E-state index in [4.69, 9.17) is 0 Å². The molecule has 0 aliphatic rings. The zero-order valence-electron chi connectivity index (χ0n) is 13.0. The molecule has 0 fully saturated rings. The first-order valence-corrected chi connectivity index (χ1v) is 7.67. The summed E-state index contributed by atoms with van der Waals surface area (Å²) in [6.07, 6.45) is 4.21. The predicted octanol–water partition coefficient (Wildman–Crippen LogP) is 2.98. The van der Waals surface area contributed by atoms with Crippen LogP contribution < -0.4 is 0 Å². The first kappa shape index (κ1) is 15.7. The number of unbranched alkanes of at least 4 members (excludes halogenated alkanes) is 1. The molecular formula is C17H25N3O. The van der Waals surface area contributed by atoms with E-state index in [1.807, 2.05) is 6.20 Å². The SMILES string of the molecule is CCCCN(CCO)Cc1cn[nH]c1-c1cccc(C)c1. The van der Waals surface area contributed by atoms with Gasteiger partial charge in [0.2, 0.25) is 0 Å².